The molecule has 0 bridgehead atoms. The topological polar surface area (TPSA) is 49.8 Å². The number of aliphatic hydroxyl groups is 1. The Labute approximate surface area is 185 Å². The molecule has 1 saturated heterocycles. The Bertz CT molecular complexity index is 935. The van der Waals surface area contributed by atoms with Crippen LogP contribution in [0.25, 0.3) is 0 Å². The first-order valence-electron chi connectivity index (χ1n) is 9.89. The van der Waals surface area contributed by atoms with E-state index in [4.69, 9.17) is 4.74 Å². The van der Waals surface area contributed by atoms with Crippen molar-refractivity contribution in [1.29, 1.82) is 0 Å². The Kier molecular flexibility index (Phi) is 5.38. The molecule has 0 saturated carbocycles. The zero-order valence-corrected chi connectivity index (χ0v) is 19.9. The summed E-state index contributed by atoms with van der Waals surface area (Å²) in [7, 11) is -3.16. The van der Waals surface area contributed by atoms with Crippen molar-refractivity contribution in [2.75, 3.05) is 11.5 Å². The molecule has 2 aliphatic heterocycles. The molecule has 1 amide bonds. The molecule has 1 spiro atoms. The van der Waals surface area contributed by atoms with Gasteiger partial charge in [0.05, 0.1) is 11.8 Å². The third kappa shape index (κ3) is 3.17. The van der Waals surface area contributed by atoms with E-state index >= 15 is 4.11 Å². The Morgan fingerprint density at radius 2 is 1.93 bits per heavy atom. The van der Waals surface area contributed by atoms with Gasteiger partial charge < -0.3 is 14.0 Å². The number of nitrogens with zero attached hydrogens (tertiary/aromatic N) is 1. The van der Waals surface area contributed by atoms with Crippen LogP contribution in [-0.2, 0) is 15.1 Å². The average Bonchev–Trinajstić information content (AvgIpc) is 3.09. The summed E-state index contributed by atoms with van der Waals surface area (Å²) in [6.07, 6.45) is -0.151. The van der Waals surface area contributed by atoms with E-state index < -0.39 is 20.1 Å². The highest BCUT2D eigenvalue weighted by molar-refractivity contribution is 14.1. The van der Waals surface area contributed by atoms with Gasteiger partial charge in [-0.3, -0.25) is 9.69 Å². The zero-order chi connectivity index (χ0) is 21.0. The van der Waals surface area contributed by atoms with Crippen LogP contribution >= 0.6 is 22.6 Å². The minimum absolute atomic E-state index is 0.0930. The quantitative estimate of drug-likeness (QED) is 0.342. The van der Waals surface area contributed by atoms with Crippen molar-refractivity contribution in [3.63, 3.8) is 0 Å². The van der Waals surface area contributed by atoms with Crippen molar-refractivity contribution in [1.82, 2.24) is 0 Å². The number of aliphatic hydroxyl groups excluding tert-OH is 1. The minimum atomic E-state index is -3.16. The molecule has 154 valence electrons. The molecular formula is C22H25FINO3Si. The smallest absolute Gasteiger partial charge is 0.268 e. The highest BCUT2D eigenvalue weighted by atomic mass is 127. The number of fused-ring (bicyclic) bond motifs is 2. The second-order valence-corrected chi connectivity index (χ2v) is 13.5. The second-order valence-electron chi connectivity index (χ2n) is 8.42. The standard InChI is InChI=1S/C22H25FINO3Si/c1-14-20(29(2,3)23)19(11-12-26)28-22(14)17-13-15(24)9-10-18(17)25(21(22)27)16-7-5-4-6-8-16/h4-10,13-14,19-20,26H,11-12H2,1-3H3/t14-,19+,20-,22+/m1/s1. The molecule has 29 heavy (non-hydrogen) atoms. The molecule has 4 atom stereocenters. The summed E-state index contributed by atoms with van der Waals surface area (Å²) in [4.78, 5) is 15.7. The molecule has 4 rings (SSSR count). The van der Waals surface area contributed by atoms with Gasteiger partial charge in [-0.1, -0.05) is 25.1 Å². The second kappa shape index (κ2) is 7.44. The lowest BCUT2D eigenvalue weighted by atomic mass is 9.82. The van der Waals surface area contributed by atoms with Crippen LogP contribution in [0.1, 0.15) is 18.9 Å². The lowest BCUT2D eigenvalue weighted by Gasteiger charge is -2.31. The average molecular weight is 525 g/mol. The molecule has 0 radical (unpaired) electrons. The number of rotatable bonds is 4. The number of carbonyl (C=O) groups is 1. The normalized spacial score (nSPS) is 29.0. The molecule has 1 N–H and O–H groups in total. The first-order chi connectivity index (χ1) is 13.7. The number of anilines is 2. The molecule has 2 aliphatic rings. The highest BCUT2D eigenvalue weighted by Gasteiger charge is 2.66. The summed E-state index contributed by atoms with van der Waals surface area (Å²) < 4.78 is 22.9. The van der Waals surface area contributed by atoms with E-state index in [0.717, 1.165) is 20.5 Å². The highest BCUT2D eigenvalue weighted by Crippen LogP contribution is 2.61. The van der Waals surface area contributed by atoms with E-state index in [1.54, 1.807) is 18.0 Å². The lowest BCUT2D eigenvalue weighted by molar-refractivity contribution is -0.145. The molecule has 7 heteroatoms. The zero-order valence-electron chi connectivity index (χ0n) is 16.7. The van der Waals surface area contributed by atoms with Gasteiger partial charge in [0.15, 0.2) is 5.60 Å². The summed E-state index contributed by atoms with van der Waals surface area (Å²) >= 11 is 2.23. The number of benzene rings is 2. The van der Waals surface area contributed by atoms with Crippen LogP contribution in [0, 0.1) is 9.49 Å². The Balaban J connectivity index is 1.92. The van der Waals surface area contributed by atoms with Crippen molar-refractivity contribution in [2.24, 2.45) is 5.92 Å². The molecule has 1 fully saturated rings. The Morgan fingerprint density at radius 1 is 1.24 bits per heavy atom. The molecule has 0 unspecified atom stereocenters. The molecule has 0 aliphatic carbocycles. The summed E-state index contributed by atoms with van der Waals surface area (Å²) in [5, 5.41) is 9.58. The van der Waals surface area contributed by atoms with Crippen LogP contribution < -0.4 is 4.90 Å². The maximum absolute atomic E-state index is 15.4. The molecule has 2 aromatic rings. The maximum atomic E-state index is 15.4. The van der Waals surface area contributed by atoms with E-state index in [0.29, 0.717) is 6.42 Å². The van der Waals surface area contributed by atoms with E-state index in [1.807, 2.05) is 55.5 Å². The van der Waals surface area contributed by atoms with Crippen molar-refractivity contribution in [3.8, 4) is 0 Å². The summed E-state index contributed by atoms with van der Waals surface area (Å²) in [6.45, 7) is 5.19. The van der Waals surface area contributed by atoms with Gasteiger partial charge in [0, 0.05) is 32.9 Å². The van der Waals surface area contributed by atoms with E-state index in [2.05, 4.69) is 22.6 Å². The predicted molar refractivity (Wildman–Crippen MR) is 123 cm³/mol. The van der Waals surface area contributed by atoms with Crippen molar-refractivity contribution in [3.05, 3.63) is 57.7 Å². The van der Waals surface area contributed by atoms with Crippen molar-refractivity contribution < 1.29 is 18.7 Å². The molecule has 4 nitrogen and oxygen atoms in total. The van der Waals surface area contributed by atoms with Crippen molar-refractivity contribution >= 4 is 48.3 Å². The maximum Gasteiger partial charge on any atom is 0.268 e. The first kappa shape index (κ1) is 21.0. The fraction of sp³-hybridized carbons (Fsp3) is 0.409. The monoisotopic (exact) mass is 525 g/mol. The summed E-state index contributed by atoms with van der Waals surface area (Å²) in [6, 6.07) is 15.4. The number of hydrogen-bond acceptors (Lipinski definition) is 3. The molecule has 2 heterocycles. The SMILES string of the molecule is C[C@@H]1[C@@H]([Si](C)(C)F)[C@H](CCO)O[C@@]12C(=O)N(c1ccccc1)c1ccc(I)cc12. The van der Waals surface area contributed by atoms with Crippen LogP contribution in [0.5, 0.6) is 0 Å². The number of amides is 1. The predicted octanol–water partition coefficient (Wildman–Crippen LogP) is 5.13. The van der Waals surface area contributed by atoms with Gasteiger partial charge in [0.25, 0.3) is 5.91 Å². The number of hydrogen-bond donors (Lipinski definition) is 1. The van der Waals surface area contributed by atoms with Crippen LogP contribution in [-0.4, -0.2) is 32.1 Å². The van der Waals surface area contributed by atoms with Crippen LogP contribution in [0.15, 0.2) is 48.5 Å². The third-order valence-corrected chi connectivity index (χ3v) is 9.39. The molecular weight excluding hydrogens is 500 g/mol. The number of carbonyl (C=O) groups excluding carboxylic acids is 1. The van der Waals surface area contributed by atoms with Gasteiger partial charge in [-0.15, -0.1) is 0 Å². The van der Waals surface area contributed by atoms with Gasteiger partial charge in [0.1, 0.15) is 0 Å². The van der Waals surface area contributed by atoms with E-state index in [-0.39, 0.29) is 24.0 Å². The molecule has 0 aromatic heterocycles. The van der Waals surface area contributed by atoms with Crippen molar-refractivity contribution in [2.45, 2.75) is 43.7 Å². The number of para-hydroxylation sites is 1. The Hall–Kier alpha value is -1.29. The summed E-state index contributed by atoms with van der Waals surface area (Å²) in [5.74, 6) is -0.499. The third-order valence-electron chi connectivity index (χ3n) is 6.26. The fourth-order valence-electron chi connectivity index (χ4n) is 5.18. The van der Waals surface area contributed by atoms with Gasteiger partial charge in [-0.05, 0) is 72.4 Å². The first-order valence-corrected chi connectivity index (χ1v) is 13.9. The van der Waals surface area contributed by atoms with Crippen LogP contribution in [0.2, 0.25) is 18.6 Å². The number of ether oxygens (including phenoxy) is 1. The molecule has 2 aromatic carbocycles. The minimum Gasteiger partial charge on any atom is -0.396 e. The number of halogens is 2. The van der Waals surface area contributed by atoms with Gasteiger partial charge in [-0.2, -0.15) is 0 Å². The fourth-order valence-corrected chi connectivity index (χ4v) is 8.21. The van der Waals surface area contributed by atoms with Gasteiger partial charge in [0.2, 0.25) is 8.41 Å². The largest absolute Gasteiger partial charge is 0.396 e. The van der Waals surface area contributed by atoms with Gasteiger partial charge in [-0.25, -0.2) is 0 Å². The summed E-state index contributed by atoms with van der Waals surface area (Å²) in [5.41, 5.74) is 0.754. The van der Waals surface area contributed by atoms with Gasteiger partial charge >= 0.3 is 0 Å². The lowest BCUT2D eigenvalue weighted by Crippen LogP contribution is -2.44. The van der Waals surface area contributed by atoms with E-state index in [1.165, 1.54) is 0 Å². The Morgan fingerprint density at radius 3 is 2.55 bits per heavy atom. The van der Waals surface area contributed by atoms with Crippen LogP contribution in [0.3, 0.4) is 0 Å². The van der Waals surface area contributed by atoms with Crippen LogP contribution in [0.4, 0.5) is 15.5 Å². The van der Waals surface area contributed by atoms with E-state index in [9.17, 15) is 9.90 Å².